The van der Waals surface area contributed by atoms with Crippen LogP contribution in [0.15, 0.2) is 17.1 Å². The number of carbonyl (C=O) groups excluding carboxylic acids is 3. The highest BCUT2D eigenvalue weighted by molar-refractivity contribution is 5.94. The summed E-state index contributed by atoms with van der Waals surface area (Å²) in [4.78, 5) is 77.3. The normalized spacial score (nSPS) is 16.3. The third-order valence-electron chi connectivity index (χ3n) is 6.98. The molecule has 46 heavy (non-hydrogen) atoms. The predicted molar refractivity (Wildman–Crippen MR) is 159 cm³/mol. The topological polar surface area (TPSA) is 319 Å². The number of rotatable bonds is 17. The van der Waals surface area contributed by atoms with E-state index >= 15 is 0 Å². The number of phenolic OH excluding ortho intramolecular Hbond substituents is 2. The Hall–Kier alpha value is -5.17. The third kappa shape index (κ3) is 11.1. The predicted octanol–water partition coefficient (Wildman–Crippen LogP) is -2.86. The second-order valence-electron chi connectivity index (χ2n) is 10.9. The second-order valence-corrected chi connectivity index (χ2v) is 10.9. The summed E-state index contributed by atoms with van der Waals surface area (Å²) in [7, 11) is 0. The van der Waals surface area contributed by atoms with Gasteiger partial charge in [0.25, 0.3) is 0 Å². The Kier molecular flexibility index (Phi) is 13.5. The summed E-state index contributed by atoms with van der Waals surface area (Å²) in [6, 6.07) is -2.81. The Balaban J connectivity index is 2.10. The molecule has 0 fully saturated rings. The Bertz CT molecular complexity index is 1350. The number of phenols is 2. The molecule has 2 rings (SSSR count). The molecule has 1 unspecified atom stereocenters. The summed E-state index contributed by atoms with van der Waals surface area (Å²) < 4.78 is 0. The van der Waals surface area contributed by atoms with Crippen LogP contribution < -0.4 is 32.8 Å². The van der Waals surface area contributed by atoms with Crippen LogP contribution in [0, 0.1) is 5.92 Å². The molecule has 0 aliphatic carbocycles. The number of carboxylic acid groups (broad SMARTS) is 3. The molecule has 254 valence electrons. The minimum absolute atomic E-state index is 0.0257. The number of aliphatic imine (C=N–C) groups is 1. The van der Waals surface area contributed by atoms with Crippen LogP contribution in [-0.2, 0) is 41.7 Å². The molecule has 0 aromatic heterocycles. The van der Waals surface area contributed by atoms with Crippen LogP contribution in [0.5, 0.6) is 11.5 Å². The van der Waals surface area contributed by atoms with E-state index in [1.807, 2.05) is 0 Å². The lowest BCUT2D eigenvalue weighted by Crippen LogP contribution is -2.62. The van der Waals surface area contributed by atoms with E-state index in [0.29, 0.717) is 11.1 Å². The molecule has 0 saturated heterocycles. The number of benzene rings is 1. The molecule has 0 spiro atoms. The van der Waals surface area contributed by atoms with E-state index in [1.54, 1.807) is 13.8 Å². The number of nitrogens with one attached hydrogen (secondary N) is 4. The summed E-state index contributed by atoms with van der Waals surface area (Å²) in [6.07, 6.45) is -0.752. The van der Waals surface area contributed by atoms with E-state index in [4.69, 9.17) is 11.5 Å². The SMILES string of the molecule is CC(C)[C@H](NN1Cc2cc(O)c(O)cc2CC1C(=O)O)C(=O)N[C@@H](CC(=O)O)C(=O)NCC(=O)N[C@@H](CCCN=C(N)N)C(=O)O. The molecule has 3 amide bonds. The van der Waals surface area contributed by atoms with Crippen LogP contribution in [0.1, 0.15) is 44.2 Å². The third-order valence-corrected chi connectivity index (χ3v) is 6.98. The molecule has 0 saturated carbocycles. The average Bonchev–Trinajstić information content (AvgIpc) is 2.95. The van der Waals surface area contributed by atoms with Crippen molar-refractivity contribution >= 4 is 41.6 Å². The van der Waals surface area contributed by atoms with E-state index in [0.717, 1.165) is 0 Å². The molecule has 19 nitrogen and oxygen atoms in total. The van der Waals surface area contributed by atoms with Crippen molar-refractivity contribution in [2.75, 3.05) is 13.1 Å². The summed E-state index contributed by atoms with van der Waals surface area (Å²) in [6.45, 7) is 2.56. The monoisotopic (exact) mass is 652 g/mol. The minimum Gasteiger partial charge on any atom is -0.504 e. The van der Waals surface area contributed by atoms with Gasteiger partial charge in [0.05, 0.1) is 13.0 Å². The number of carboxylic acids is 3. The number of hydrazine groups is 1. The van der Waals surface area contributed by atoms with Crippen LogP contribution in [0.4, 0.5) is 0 Å². The molecule has 1 heterocycles. The molecule has 1 aliphatic heterocycles. The van der Waals surface area contributed by atoms with E-state index < -0.39 is 90.2 Å². The van der Waals surface area contributed by atoms with Crippen molar-refractivity contribution in [3.05, 3.63) is 23.3 Å². The Labute approximate surface area is 263 Å². The maximum atomic E-state index is 13.3. The number of amides is 3. The fourth-order valence-corrected chi connectivity index (χ4v) is 4.60. The lowest BCUT2D eigenvalue weighted by molar-refractivity contribution is -0.148. The minimum atomic E-state index is -1.66. The van der Waals surface area contributed by atoms with Crippen LogP contribution >= 0.6 is 0 Å². The second kappa shape index (κ2) is 16.8. The molecule has 13 N–H and O–H groups in total. The fourth-order valence-electron chi connectivity index (χ4n) is 4.60. The van der Waals surface area contributed by atoms with Crippen LogP contribution in [0.25, 0.3) is 0 Å². The molecule has 1 aliphatic rings. The first-order chi connectivity index (χ1) is 21.5. The zero-order valence-electron chi connectivity index (χ0n) is 25.2. The van der Waals surface area contributed by atoms with E-state index in [1.165, 1.54) is 17.1 Å². The number of aromatic hydroxyl groups is 2. The fraction of sp³-hybridized carbons (Fsp3) is 0.519. The van der Waals surface area contributed by atoms with Crippen molar-refractivity contribution in [3.8, 4) is 11.5 Å². The lowest BCUT2D eigenvalue weighted by Gasteiger charge is -2.38. The van der Waals surface area contributed by atoms with Gasteiger partial charge < -0.3 is 53.0 Å². The van der Waals surface area contributed by atoms with Gasteiger partial charge in [0, 0.05) is 19.5 Å². The smallest absolute Gasteiger partial charge is 0.326 e. The van der Waals surface area contributed by atoms with Crippen molar-refractivity contribution in [1.29, 1.82) is 0 Å². The first-order valence-electron chi connectivity index (χ1n) is 14.2. The lowest BCUT2D eigenvalue weighted by atomic mass is 9.94. The first-order valence-corrected chi connectivity index (χ1v) is 14.2. The molecule has 0 radical (unpaired) electrons. The van der Waals surface area contributed by atoms with Gasteiger partial charge in [-0.3, -0.25) is 29.0 Å². The van der Waals surface area contributed by atoms with Crippen molar-refractivity contribution in [1.82, 2.24) is 26.4 Å². The van der Waals surface area contributed by atoms with Gasteiger partial charge in [0.1, 0.15) is 24.2 Å². The number of nitrogens with two attached hydrogens (primary N) is 2. The Morgan fingerprint density at radius 1 is 0.957 bits per heavy atom. The number of guanidine groups is 1. The molecular weight excluding hydrogens is 612 g/mol. The van der Waals surface area contributed by atoms with E-state index in [9.17, 15) is 54.3 Å². The number of carbonyl (C=O) groups is 6. The summed E-state index contributed by atoms with van der Waals surface area (Å²) in [5, 5.41) is 56.3. The number of nitrogens with zero attached hydrogens (tertiary/aromatic N) is 2. The maximum absolute atomic E-state index is 13.3. The van der Waals surface area contributed by atoms with Gasteiger partial charge >= 0.3 is 17.9 Å². The number of aliphatic carboxylic acids is 3. The van der Waals surface area contributed by atoms with Crippen molar-refractivity contribution in [2.24, 2.45) is 22.4 Å². The highest BCUT2D eigenvalue weighted by Gasteiger charge is 2.37. The van der Waals surface area contributed by atoms with E-state index in [2.05, 4.69) is 26.4 Å². The number of fused-ring (bicyclic) bond motifs is 1. The molecule has 1 aromatic rings. The Morgan fingerprint density at radius 2 is 1.59 bits per heavy atom. The quantitative estimate of drug-likeness (QED) is 0.0349. The molecule has 4 atom stereocenters. The van der Waals surface area contributed by atoms with Crippen molar-refractivity contribution in [3.63, 3.8) is 0 Å². The standard InChI is InChI=1S/C27H40N8O11/c1-12(2)22(34-35-11-14-8-19(37)18(36)7-13(14)6-17(35)26(45)46)24(42)33-16(9-21(39)40)23(41)31-10-20(38)32-15(25(43)44)4-3-5-30-27(28)29/h7-8,12,15-17,22,34,36-37H,3-6,9-11H2,1-2H3,(H,31,41)(H,32,38)(H,33,42)(H,39,40)(H,43,44)(H,45,46)(H4,28,29,30)/t15-,16-,17?,22-/m0/s1. The Morgan fingerprint density at radius 3 is 2.13 bits per heavy atom. The number of hydrogen-bond donors (Lipinski definition) is 11. The van der Waals surface area contributed by atoms with Crippen LogP contribution in [0.3, 0.4) is 0 Å². The van der Waals surface area contributed by atoms with Gasteiger partial charge in [0.15, 0.2) is 17.5 Å². The van der Waals surface area contributed by atoms with Gasteiger partial charge in [-0.25, -0.2) is 15.2 Å². The number of hydrogen-bond acceptors (Lipinski definition) is 11. The van der Waals surface area contributed by atoms with Crippen molar-refractivity contribution in [2.45, 2.75) is 70.2 Å². The molecular formula is C27H40N8O11. The van der Waals surface area contributed by atoms with Gasteiger partial charge in [-0.1, -0.05) is 13.8 Å². The first kappa shape index (κ1) is 37.0. The zero-order chi connectivity index (χ0) is 34.7. The zero-order valence-corrected chi connectivity index (χ0v) is 25.2. The highest BCUT2D eigenvalue weighted by Crippen LogP contribution is 2.33. The van der Waals surface area contributed by atoms with Gasteiger partial charge in [0.2, 0.25) is 17.7 Å². The maximum Gasteiger partial charge on any atom is 0.326 e. The highest BCUT2D eigenvalue weighted by atomic mass is 16.4. The van der Waals surface area contributed by atoms with E-state index in [-0.39, 0.29) is 38.3 Å². The van der Waals surface area contributed by atoms with Crippen LogP contribution in [-0.4, -0.2) is 109 Å². The van der Waals surface area contributed by atoms with Gasteiger partial charge in [-0.05, 0) is 42.0 Å². The average molecular weight is 653 g/mol. The molecule has 0 bridgehead atoms. The summed E-state index contributed by atoms with van der Waals surface area (Å²) in [5.41, 5.74) is 14.2. The largest absolute Gasteiger partial charge is 0.504 e. The van der Waals surface area contributed by atoms with Crippen LogP contribution in [0.2, 0.25) is 0 Å². The summed E-state index contributed by atoms with van der Waals surface area (Å²) >= 11 is 0. The van der Waals surface area contributed by atoms with Gasteiger partial charge in [-0.15, -0.1) is 0 Å². The summed E-state index contributed by atoms with van der Waals surface area (Å²) in [5.74, 6) is -8.34. The van der Waals surface area contributed by atoms with Gasteiger partial charge in [-0.2, -0.15) is 0 Å². The molecule has 1 aromatic carbocycles. The van der Waals surface area contributed by atoms with Crippen molar-refractivity contribution < 1.29 is 54.3 Å². The molecule has 19 heteroatoms.